The molecule has 2 aromatic rings. The minimum absolute atomic E-state index is 0.214. The van der Waals surface area contributed by atoms with Crippen LogP contribution in [-0.2, 0) is 16.4 Å². The van der Waals surface area contributed by atoms with Gasteiger partial charge in [-0.25, -0.2) is 17.2 Å². The van der Waals surface area contributed by atoms with E-state index >= 15 is 0 Å². The van der Waals surface area contributed by atoms with Crippen LogP contribution in [0.15, 0.2) is 41.3 Å². The zero-order valence-corrected chi connectivity index (χ0v) is 12.8. The molecular formula is C16H15F2NO2S. The van der Waals surface area contributed by atoms with E-state index in [1.165, 1.54) is 0 Å². The summed E-state index contributed by atoms with van der Waals surface area (Å²) >= 11 is 0. The summed E-state index contributed by atoms with van der Waals surface area (Å²) in [5, 5.41) is 0. The minimum atomic E-state index is -4.27. The smallest absolute Gasteiger partial charge is 0.266 e. The molecule has 6 heteroatoms. The van der Waals surface area contributed by atoms with Gasteiger partial charge in [0, 0.05) is 6.54 Å². The monoisotopic (exact) mass is 323 g/mol. The van der Waals surface area contributed by atoms with Crippen LogP contribution in [0.3, 0.4) is 0 Å². The maximum absolute atomic E-state index is 13.9. The molecule has 0 atom stereocenters. The number of hydrogen-bond acceptors (Lipinski definition) is 2. The molecule has 0 saturated heterocycles. The Kier molecular flexibility index (Phi) is 3.64. The average molecular weight is 323 g/mol. The van der Waals surface area contributed by atoms with E-state index in [1.54, 1.807) is 12.1 Å². The quantitative estimate of drug-likeness (QED) is 0.849. The lowest BCUT2D eigenvalue weighted by molar-refractivity contribution is 0.516. The van der Waals surface area contributed by atoms with E-state index in [2.05, 4.69) is 0 Å². The lowest BCUT2D eigenvalue weighted by Crippen LogP contribution is -2.36. The summed E-state index contributed by atoms with van der Waals surface area (Å²) in [6, 6.07) is 8.46. The van der Waals surface area contributed by atoms with Crippen LogP contribution < -0.4 is 4.31 Å². The summed E-state index contributed by atoms with van der Waals surface area (Å²) < 4.78 is 54.3. The Morgan fingerprint density at radius 2 is 1.77 bits per heavy atom. The number of hydrogen-bond donors (Lipinski definition) is 0. The molecule has 1 heterocycles. The molecule has 0 bridgehead atoms. The zero-order valence-electron chi connectivity index (χ0n) is 12.0. The average Bonchev–Trinajstić information content (AvgIpc) is 2.45. The van der Waals surface area contributed by atoms with Crippen LogP contribution in [0.1, 0.15) is 17.5 Å². The Morgan fingerprint density at radius 1 is 1.09 bits per heavy atom. The summed E-state index contributed by atoms with van der Waals surface area (Å²) in [6.45, 7) is 2.14. The lowest BCUT2D eigenvalue weighted by atomic mass is 10.0. The fraction of sp³-hybridized carbons (Fsp3) is 0.250. The van der Waals surface area contributed by atoms with Crippen molar-refractivity contribution in [3.8, 4) is 0 Å². The highest BCUT2D eigenvalue weighted by Crippen LogP contribution is 2.34. The van der Waals surface area contributed by atoms with Crippen molar-refractivity contribution >= 4 is 15.7 Å². The molecule has 1 aliphatic rings. The van der Waals surface area contributed by atoms with E-state index in [9.17, 15) is 17.2 Å². The Morgan fingerprint density at radius 3 is 2.45 bits per heavy atom. The molecule has 1 aliphatic heterocycles. The van der Waals surface area contributed by atoms with Gasteiger partial charge in [0.25, 0.3) is 10.0 Å². The van der Waals surface area contributed by atoms with Crippen LogP contribution >= 0.6 is 0 Å². The van der Waals surface area contributed by atoms with E-state index in [0.717, 1.165) is 40.1 Å². The number of nitrogens with zero attached hydrogens (tertiary/aromatic N) is 1. The first-order chi connectivity index (χ1) is 10.4. The Labute approximate surface area is 128 Å². The zero-order chi connectivity index (χ0) is 15.9. The van der Waals surface area contributed by atoms with E-state index in [1.807, 2.05) is 13.0 Å². The van der Waals surface area contributed by atoms with Gasteiger partial charge in [0.2, 0.25) is 0 Å². The number of rotatable bonds is 2. The van der Waals surface area contributed by atoms with Crippen LogP contribution in [0.5, 0.6) is 0 Å². The molecule has 0 aromatic heterocycles. The lowest BCUT2D eigenvalue weighted by Gasteiger charge is -2.30. The molecule has 0 spiro atoms. The third kappa shape index (κ3) is 2.37. The number of fused-ring (bicyclic) bond motifs is 1. The first-order valence-electron chi connectivity index (χ1n) is 6.97. The van der Waals surface area contributed by atoms with Crippen molar-refractivity contribution in [1.82, 2.24) is 0 Å². The van der Waals surface area contributed by atoms with Gasteiger partial charge < -0.3 is 0 Å². The van der Waals surface area contributed by atoms with Crippen molar-refractivity contribution < 1.29 is 17.2 Å². The maximum atomic E-state index is 13.9. The molecule has 0 amide bonds. The molecule has 0 unspecified atom stereocenters. The second kappa shape index (κ2) is 5.35. The molecule has 3 nitrogen and oxygen atoms in total. The van der Waals surface area contributed by atoms with E-state index in [4.69, 9.17) is 0 Å². The second-order valence-electron chi connectivity index (χ2n) is 5.36. The van der Waals surface area contributed by atoms with Crippen LogP contribution in [0.25, 0.3) is 0 Å². The van der Waals surface area contributed by atoms with Crippen molar-refractivity contribution in [2.45, 2.75) is 24.7 Å². The van der Waals surface area contributed by atoms with Crippen LogP contribution in [-0.4, -0.2) is 15.0 Å². The summed E-state index contributed by atoms with van der Waals surface area (Å²) in [7, 11) is -4.27. The fourth-order valence-corrected chi connectivity index (χ4v) is 4.44. The molecule has 0 N–H and O–H groups in total. The van der Waals surface area contributed by atoms with Crippen LogP contribution in [0.2, 0.25) is 0 Å². The molecule has 22 heavy (non-hydrogen) atoms. The van der Waals surface area contributed by atoms with Gasteiger partial charge in [-0.3, -0.25) is 4.31 Å². The normalized spacial score (nSPS) is 14.8. The predicted octanol–water partition coefficient (Wildman–Crippen LogP) is 3.41. The van der Waals surface area contributed by atoms with Gasteiger partial charge in [-0.1, -0.05) is 23.8 Å². The largest absolute Gasteiger partial charge is 0.270 e. The number of halogens is 2. The Balaban J connectivity index is 2.16. The third-order valence-corrected chi connectivity index (χ3v) is 5.64. The summed E-state index contributed by atoms with van der Waals surface area (Å²) in [5.74, 6) is -2.14. The first-order valence-corrected chi connectivity index (χ1v) is 8.41. The van der Waals surface area contributed by atoms with Crippen molar-refractivity contribution in [2.24, 2.45) is 0 Å². The van der Waals surface area contributed by atoms with Gasteiger partial charge in [0.15, 0.2) is 4.90 Å². The molecule has 0 aliphatic carbocycles. The highest BCUT2D eigenvalue weighted by Gasteiger charge is 2.33. The molecule has 3 rings (SSSR count). The molecule has 0 saturated carbocycles. The molecule has 116 valence electrons. The molecule has 0 fully saturated rings. The molecule has 0 radical (unpaired) electrons. The third-order valence-electron chi connectivity index (χ3n) is 3.78. The highest BCUT2D eigenvalue weighted by molar-refractivity contribution is 7.92. The van der Waals surface area contributed by atoms with E-state index in [0.29, 0.717) is 12.1 Å². The van der Waals surface area contributed by atoms with Crippen molar-refractivity contribution in [3.63, 3.8) is 0 Å². The van der Waals surface area contributed by atoms with Crippen molar-refractivity contribution in [1.29, 1.82) is 0 Å². The number of aryl methyl sites for hydroxylation is 2. The van der Waals surface area contributed by atoms with Crippen LogP contribution in [0.4, 0.5) is 14.5 Å². The molecule has 2 aromatic carbocycles. The summed E-state index contributed by atoms with van der Waals surface area (Å²) in [4.78, 5) is -0.886. The first kappa shape index (κ1) is 15.0. The van der Waals surface area contributed by atoms with E-state index < -0.39 is 26.6 Å². The maximum Gasteiger partial charge on any atom is 0.270 e. The Hall–Kier alpha value is -1.95. The highest BCUT2D eigenvalue weighted by atomic mass is 32.2. The van der Waals surface area contributed by atoms with Gasteiger partial charge in [0.1, 0.15) is 11.6 Å². The van der Waals surface area contributed by atoms with Gasteiger partial charge in [-0.15, -0.1) is 0 Å². The summed E-state index contributed by atoms with van der Waals surface area (Å²) in [5.41, 5.74) is 2.40. The number of sulfonamides is 1. The topological polar surface area (TPSA) is 37.4 Å². The van der Waals surface area contributed by atoms with Gasteiger partial charge in [0.05, 0.1) is 5.69 Å². The Bertz CT molecular complexity index is 814. The van der Waals surface area contributed by atoms with Crippen molar-refractivity contribution in [3.05, 3.63) is 59.2 Å². The van der Waals surface area contributed by atoms with Crippen molar-refractivity contribution in [2.75, 3.05) is 10.8 Å². The SMILES string of the molecule is Cc1ccc2c(c1)CCCN2S(=O)(=O)c1c(F)cccc1F. The van der Waals surface area contributed by atoms with Gasteiger partial charge >= 0.3 is 0 Å². The van der Waals surface area contributed by atoms with E-state index in [-0.39, 0.29) is 6.54 Å². The summed E-state index contributed by atoms with van der Waals surface area (Å²) in [6.07, 6.45) is 1.37. The van der Waals surface area contributed by atoms with Gasteiger partial charge in [-0.2, -0.15) is 0 Å². The minimum Gasteiger partial charge on any atom is -0.266 e. The predicted molar refractivity (Wildman–Crippen MR) is 80.4 cm³/mol. The second-order valence-corrected chi connectivity index (χ2v) is 7.16. The molecular weight excluding hydrogens is 308 g/mol. The standard InChI is InChI=1S/C16H15F2NO2S/c1-11-7-8-15-12(10-11)4-3-9-19(15)22(20,21)16-13(17)5-2-6-14(16)18/h2,5-8,10H,3-4,9H2,1H3. The number of benzene rings is 2. The van der Waals surface area contributed by atoms with Gasteiger partial charge in [-0.05, 0) is 43.5 Å². The van der Waals surface area contributed by atoms with Crippen LogP contribution in [0, 0.1) is 18.6 Å². The fourth-order valence-electron chi connectivity index (χ4n) is 2.78. The number of anilines is 1.